The van der Waals surface area contributed by atoms with E-state index < -0.39 is 6.09 Å². The third-order valence-electron chi connectivity index (χ3n) is 2.03. The van der Waals surface area contributed by atoms with Gasteiger partial charge in [-0.2, -0.15) is 0 Å². The summed E-state index contributed by atoms with van der Waals surface area (Å²) >= 11 is 0. The molecule has 0 aliphatic carbocycles. The first-order valence-corrected chi connectivity index (χ1v) is 7.48. The maximum atomic E-state index is 11.3. The van der Waals surface area contributed by atoms with Crippen LogP contribution >= 0.6 is 0 Å². The van der Waals surface area contributed by atoms with Crippen molar-refractivity contribution in [3.05, 3.63) is 0 Å². The lowest BCUT2D eigenvalue weighted by Crippen LogP contribution is -2.38. The van der Waals surface area contributed by atoms with Crippen molar-refractivity contribution >= 4 is 18.8 Å². The Morgan fingerprint density at radius 1 is 1.14 bits per heavy atom. The number of alkyl carbamates (subject to hydrolysis) is 1. The van der Waals surface area contributed by atoms with Crippen LogP contribution in [0.2, 0.25) is 0 Å². The number of likely N-dealkylation sites (tertiary alicyclic amines) is 1. The third-order valence-corrected chi connectivity index (χ3v) is 2.03. The predicted octanol–water partition coefficient (Wildman–Crippen LogP) is 1.83. The van der Waals surface area contributed by atoms with Crippen LogP contribution in [-0.2, 0) is 14.3 Å². The van der Waals surface area contributed by atoms with Crippen LogP contribution in [0.5, 0.6) is 0 Å². The Balaban J connectivity index is -0.000000153. The summed E-state index contributed by atoms with van der Waals surface area (Å²) in [6.07, 6.45) is 2.81. The Kier molecular flexibility index (Phi) is 35.9. The van der Waals surface area contributed by atoms with Crippen molar-refractivity contribution in [3.8, 4) is 0 Å². The Bertz CT molecular complexity index is 232. The van der Waals surface area contributed by atoms with E-state index in [0.29, 0.717) is 0 Å². The highest BCUT2D eigenvalue weighted by molar-refractivity contribution is 5.82. The van der Waals surface area contributed by atoms with E-state index in [2.05, 4.69) is 23.9 Å². The minimum Gasteiger partial charge on any atom is -0.453 e. The largest absolute Gasteiger partial charge is 0.453 e. The number of methoxy groups -OCH3 is 1. The molecule has 1 aliphatic rings. The molecule has 7 heteroatoms. The zero-order chi connectivity index (χ0) is 18.4. The molecule has 0 spiro atoms. The molecule has 1 heterocycles. The van der Waals surface area contributed by atoms with E-state index >= 15 is 0 Å². The summed E-state index contributed by atoms with van der Waals surface area (Å²) in [5.41, 5.74) is 0. The number of nitrogens with zero attached hydrogens (tertiary/aromatic N) is 1. The topological polar surface area (TPSA) is 95.9 Å². The van der Waals surface area contributed by atoms with Crippen molar-refractivity contribution in [2.45, 2.75) is 47.0 Å². The van der Waals surface area contributed by atoms with E-state index in [4.69, 9.17) is 9.90 Å². The van der Waals surface area contributed by atoms with Gasteiger partial charge in [0.05, 0.1) is 7.11 Å². The highest BCUT2D eigenvalue weighted by Gasteiger charge is 2.17. The Morgan fingerprint density at radius 3 is 1.82 bits per heavy atom. The van der Waals surface area contributed by atoms with E-state index in [1.165, 1.54) is 13.5 Å². The summed E-state index contributed by atoms with van der Waals surface area (Å²) in [5, 5.41) is 9.36. The van der Waals surface area contributed by atoms with Gasteiger partial charge in [0.1, 0.15) is 13.3 Å². The molecule has 1 aliphatic heterocycles. The first kappa shape index (κ1) is 28.5. The van der Waals surface area contributed by atoms with E-state index in [-0.39, 0.29) is 12.5 Å². The second-order valence-corrected chi connectivity index (χ2v) is 3.64. The first-order valence-electron chi connectivity index (χ1n) is 7.48. The van der Waals surface area contributed by atoms with Crippen molar-refractivity contribution in [2.24, 2.45) is 0 Å². The number of amides is 2. The highest BCUT2D eigenvalue weighted by atomic mass is 16.5. The summed E-state index contributed by atoms with van der Waals surface area (Å²) < 4.78 is 4.34. The molecule has 7 nitrogen and oxygen atoms in total. The van der Waals surface area contributed by atoms with Crippen LogP contribution in [0.4, 0.5) is 4.79 Å². The Morgan fingerprint density at radius 2 is 1.50 bits per heavy atom. The van der Waals surface area contributed by atoms with Crippen LogP contribution in [0.25, 0.3) is 0 Å². The second-order valence-electron chi connectivity index (χ2n) is 3.64. The lowest BCUT2D eigenvalue weighted by atomic mass is 10.4. The van der Waals surface area contributed by atoms with Gasteiger partial charge in [0.15, 0.2) is 0 Å². The minimum absolute atomic E-state index is 0.0344. The van der Waals surface area contributed by atoms with E-state index in [1.54, 1.807) is 4.90 Å². The zero-order valence-corrected chi connectivity index (χ0v) is 15.0. The number of ether oxygens (including phenoxy) is 1. The molecular formula is C15H34N2O5. The van der Waals surface area contributed by atoms with Gasteiger partial charge in [-0.25, -0.2) is 4.79 Å². The molecule has 0 saturated carbocycles. The standard InChI is InChI=1S/C8H14N2O3.C3H8.C2H6.CH4O.CH2O/c1-13-8(12)9-6-7(11)10-4-2-3-5-10;1-3-2;3*1-2/h2-6H2,1H3,(H,9,12);3H2,1-2H3;1-2H3;2H,1H3;1H2. The van der Waals surface area contributed by atoms with Crippen LogP contribution in [0.3, 0.4) is 0 Å². The van der Waals surface area contributed by atoms with Gasteiger partial charge in [0, 0.05) is 20.2 Å². The maximum absolute atomic E-state index is 11.3. The first-order chi connectivity index (χ1) is 10.7. The molecule has 134 valence electrons. The summed E-state index contributed by atoms with van der Waals surface area (Å²) in [7, 11) is 2.27. The summed E-state index contributed by atoms with van der Waals surface area (Å²) in [4.78, 5) is 31.7. The van der Waals surface area contributed by atoms with Gasteiger partial charge in [0.2, 0.25) is 5.91 Å². The van der Waals surface area contributed by atoms with Crippen molar-refractivity contribution in [3.63, 3.8) is 0 Å². The predicted molar refractivity (Wildman–Crippen MR) is 88.8 cm³/mol. The SMILES string of the molecule is C=O.CC.CCC.CO.COC(=O)NCC(=O)N1CCCC1. The van der Waals surface area contributed by atoms with Gasteiger partial charge in [-0.3, -0.25) is 4.79 Å². The Labute approximate surface area is 135 Å². The summed E-state index contributed by atoms with van der Waals surface area (Å²) in [6.45, 7) is 11.9. The van der Waals surface area contributed by atoms with Gasteiger partial charge in [-0.1, -0.05) is 34.1 Å². The molecule has 1 fully saturated rings. The van der Waals surface area contributed by atoms with Gasteiger partial charge >= 0.3 is 6.09 Å². The number of rotatable bonds is 2. The maximum Gasteiger partial charge on any atom is 0.407 e. The van der Waals surface area contributed by atoms with Gasteiger partial charge in [-0.05, 0) is 12.8 Å². The number of aliphatic hydroxyl groups excluding tert-OH is 1. The number of carbonyl (C=O) groups excluding carboxylic acids is 3. The fraction of sp³-hybridized carbons (Fsp3) is 0.800. The van der Waals surface area contributed by atoms with Crippen LogP contribution in [0, 0.1) is 0 Å². The number of nitrogens with one attached hydrogen (secondary N) is 1. The normalized spacial score (nSPS) is 10.8. The number of hydrogen-bond donors (Lipinski definition) is 2. The molecule has 1 saturated heterocycles. The molecule has 0 unspecified atom stereocenters. The van der Waals surface area contributed by atoms with Crippen LogP contribution in [0.15, 0.2) is 0 Å². The second kappa shape index (κ2) is 27.7. The molecule has 0 aromatic carbocycles. The number of aliphatic hydroxyl groups is 1. The van der Waals surface area contributed by atoms with Crippen molar-refractivity contribution in [2.75, 3.05) is 33.9 Å². The molecule has 0 aromatic heterocycles. The summed E-state index contributed by atoms with van der Waals surface area (Å²) in [6, 6.07) is 0. The van der Waals surface area contributed by atoms with Gasteiger partial charge in [-0.15, -0.1) is 0 Å². The zero-order valence-electron chi connectivity index (χ0n) is 15.0. The fourth-order valence-electron chi connectivity index (χ4n) is 1.30. The number of hydrogen-bond acceptors (Lipinski definition) is 5. The lowest BCUT2D eigenvalue weighted by molar-refractivity contribution is -0.129. The van der Waals surface area contributed by atoms with Crippen molar-refractivity contribution in [1.29, 1.82) is 0 Å². The molecule has 1 rings (SSSR count). The van der Waals surface area contributed by atoms with Gasteiger partial charge < -0.3 is 24.9 Å². The van der Waals surface area contributed by atoms with E-state index in [0.717, 1.165) is 33.0 Å². The number of carbonyl (C=O) groups is 3. The molecule has 0 bridgehead atoms. The molecule has 22 heavy (non-hydrogen) atoms. The van der Waals surface area contributed by atoms with Crippen LogP contribution in [-0.4, -0.2) is 62.6 Å². The van der Waals surface area contributed by atoms with Crippen molar-refractivity contribution < 1.29 is 24.2 Å². The molecule has 0 aromatic rings. The Hall–Kier alpha value is -1.63. The summed E-state index contributed by atoms with van der Waals surface area (Å²) in [5.74, 6) is -0.0390. The molecule has 2 amide bonds. The third kappa shape index (κ3) is 20.7. The average Bonchev–Trinajstić information content (AvgIpc) is 3.13. The highest BCUT2D eigenvalue weighted by Crippen LogP contribution is 2.06. The average molecular weight is 322 g/mol. The lowest BCUT2D eigenvalue weighted by Gasteiger charge is -2.14. The van der Waals surface area contributed by atoms with Gasteiger partial charge in [0.25, 0.3) is 0 Å². The molecular weight excluding hydrogens is 288 g/mol. The van der Waals surface area contributed by atoms with Crippen LogP contribution in [0.1, 0.15) is 47.0 Å². The smallest absolute Gasteiger partial charge is 0.407 e. The minimum atomic E-state index is -0.562. The van der Waals surface area contributed by atoms with E-state index in [9.17, 15) is 9.59 Å². The fourth-order valence-corrected chi connectivity index (χ4v) is 1.30. The van der Waals surface area contributed by atoms with Crippen molar-refractivity contribution in [1.82, 2.24) is 10.2 Å². The van der Waals surface area contributed by atoms with Crippen LogP contribution < -0.4 is 5.32 Å². The van der Waals surface area contributed by atoms with E-state index in [1.807, 2.05) is 20.6 Å². The monoisotopic (exact) mass is 322 g/mol. The quantitative estimate of drug-likeness (QED) is 0.808. The molecule has 0 atom stereocenters. The molecule has 2 N–H and O–H groups in total. The molecule has 0 radical (unpaired) electrons.